The molecule has 124 valence electrons. The summed E-state index contributed by atoms with van der Waals surface area (Å²) in [5, 5.41) is 0.527. The average Bonchev–Trinajstić information content (AvgIpc) is 2.54. The van der Waals surface area contributed by atoms with Gasteiger partial charge in [-0.1, -0.05) is 12.2 Å². The Morgan fingerprint density at radius 2 is 2.22 bits per heavy atom. The molecule has 2 aliphatic rings. The molecule has 1 saturated heterocycles. The number of carbonyl (C=O) groups is 1. The van der Waals surface area contributed by atoms with Gasteiger partial charge in [-0.2, -0.15) is 4.98 Å². The molecule has 0 aromatic carbocycles. The molecule has 6 heteroatoms. The molecule has 3 rings (SSSR count). The first kappa shape index (κ1) is 16.3. The van der Waals surface area contributed by atoms with Gasteiger partial charge in [-0.15, -0.1) is 11.8 Å². The predicted octanol–water partition coefficient (Wildman–Crippen LogP) is 2.76. The molecule has 1 amide bonds. The van der Waals surface area contributed by atoms with E-state index < -0.39 is 5.69 Å². The molecule has 1 N–H and O–H groups in total. The summed E-state index contributed by atoms with van der Waals surface area (Å²) < 4.78 is 0. The third-order valence-corrected chi connectivity index (χ3v) is 5.68. The molecule has 1 aliphatic heterocycles. The van der Waals surface area contributed by atoms with Gasteiger partial charge in [-0.25, -0.2) is 4.79 Å². The maximum Gasteiger partial charge on any atom is 0.346 e. The fourth-order valence-corrected chi connectivity index (χ4v) is 4.43. The minimum Gasteiger partial charge on any atom is -0.338 e. The van der Waals surface area contributed by atoms with Gasteiger partial charge in [0.15, 0.2) is 0 Å². The maximum absolute atomic E-state index is 13.1. The van der Waals surface area contributed by atoms with Crippen molar-refractivity contribution in [2.75, 3.05) is 19.3 Å². The quantitative estimate of drug-likeness (QED) is 0.513. The Hall–Kier alpha value is -1.56. The van der Waals surface area contributed by atoms with Crippen molar-refractivity contribution in [2.45, 2.75) is 44.1 Å². The Kier molecular flexibility index (Phi) is 4.62. The number of piperidine rings is 1. The number of aromatic nitrogens is 2. The van der Waals surface area contributed by atoms with Crippen molar-refractivity contribution in [3.63, 3.8) is 0 Å². The Balaban J connectivity index is 1.88. The molecule has 1 aromatic rings. The molecule has 1 aliphatic carbocycles. The molecule has 0 radical (unpaired) electrons. The van der Waals surface area contributed by atoms with Gasteiger partial charge in [0.05, 0.1) is 5.56 Å². The smallest absolute Gasteiger partial charge is 0.338 e. The highest BCUT2D eigenvalue weighted by atomic mass is 32.2. The second kappa shape index (κ2) is 6.51. The molecular weight excluding hydrogens is 310 g/mol. The number of hydrogen-bond acceptors (Lipinski definition) is 4. The van der Waals surface area contributed by atoms with E-state index in [1.807, 2.05) is 11.2 Å². The van der Waals surface area contributed by atoms with Crippen molar-refractivity contribution in [2.24, 2.45) is 5.41 Å². The van der Waals surface area contributed by atoms with Crippen molar-refractivity contribution < 1.29 is 4.79 Å². The topological polar surface area (TPSA) is 66.1 Å². The normalized spacial score (nSPS) is 24.2. The number of nitrogens with one attached hydrogen (secondary N) is 1. The fraction of sp³-hybridized carbons (Fsp3) is 0.588. The number of hydrogen-bond donors (Lipinski definition) is 1. The van der Waals surface area contributed by atoms with Gasteiger partial charge in [0.2, 0.25) is 0 Å². The Morgan fingerprint density at radius 3 is 2.91 bits per heavy atom. The van der Waals surface area contributed by atoms with Crippen LogP contribution < -0.4 is 5.69 Å². The van der Waals surface area contributed by atoms with E-state index in [2.05, 4.69) is 22.1 Å². The zero-order chi connectivity index (χ0) is 16.4. The van der Waals surface area contributed by atoms with Crippen LogP contribution in [0.15, 0.2) is 22.0 Å². The minimum atomic E-state index is -0.393. The number of amides is 1. The van der Waals surface area contributed by atoms with Gasteiger partial charge >= 0.3 is 5.69 Å². The van der Waals surface area contributed by atoms with Gasteiger partial charge in [0.25, 0.3) is 5.91 Å². The van der Waals surface area contributed by atoms with Crippen molar-refractivity contribution in [1.29, 1.82) is 0 Å². The summed E-state index contributed by atoms with van der Waals surface area (Å²) in [5.74, 6) is 0.00391. The number of aromatic amines is 1. The molecule has 1 aromatic heterocycles. The first-order chi connectivity index (χ1) is 11.0. The van der Waals surface area contributed by atoms with Gasteiger partial charge in [0, 0.05) is 18.8 Å². The number of rotatable bonds is 2. The minimum absolute atomic E-state index is 0.00391. The number of likely N-dealkylation sites (tertiary alicyclic amines) is 1. The van der Waals surface area contributed by atoms with Crippen LogP contribution in [-0.2, 0) is 0 Å². The van der Waals surface area contributed by atoms with E-state index in [0.717, 1.165) is 38.8 Å². The molecule has 0 saturated carbocycles. The first-order valence-electron chi connectivity index (χ1n) is 8.14. The van der Waals surface area contributed by atoms with E-state index >= 15 is 0 Å². The Labute approximate surface area is 140 Å². The van der Waals surface area contributed by atoms with Crippen LogP contribution in [-0.4, -0.2) is 40.1 Å². The highest BCUT2D eigenvalue weighted by molar-refractivity contribution is 7.98. The molecule has 1 unspecified atom stereocenters. The van der Waals surface area contributed by atoms with Crippen molar-refractivity contribution in [3.8, 4) is 0 Å². The van der Waals surface area contributed by atoms with Crippen LogP contribution in [0.3, 0.4) is 0 Å². The van der Waals surface area contributed by atoms with E-state index in [0.29, 0.717) is 16.3 Å². The molecule has 23 heavy (non-hydrogen) atoms. The molecule has 1 fully saturated rings. The van der Waals surface area contributed by atoms with E-state index in [4.69, 9.17) is 0 Å². The van der Waals surface area contributed by atoms with Crippen LogP contribution in [0.5, 0.6) is 0 Å². The Bertz CT molecular complexity index is 698. The van der Waals surface area contributed by atoms with Gasteiger partial charge in [-0.05, 0) is 50.7 Å². The van der Waals surface area contributed by atoms with Crippen LogP contribution in [0.4, 0.5) is 0 Å². The van der Waals surface area contributed by atoms with Crippen LogP contribution in [0.2, 0.25) is 0 Å². The summed E-state index contributed by atoms with van der Waals surface area (Å²) in [6.45, 7) is 3.37. The second-order valence-electron chi connectivity index (χ2n) is 6.60. The number of aryl methyl sites for hydroxylation is 1. The zero-order valence-corrected chi connectivity index (χ0v) is 14.5. The van der Waals surface area contributed by atoms with Crippen molar-refractivity contribution in [3.05, 3.63) is 33.9 Å². The summed E-state index contributed by atoms with van der Waals surface area (Å²) in [4.78, 5) is 33.2. The molecule has 2 heterocycles. The van der Waals surface area contributed by atoms with Crippen LogP contribution in [0.25, 0.3) is 0 Å². The monoisotopic (exact) mass is 333 g/mol. The highest BCUT2D eigenvalue weighted by Crippen LogP contribution is 2.41. The Morgan fingerprint density at radius 1 is 1.39 bits per heavy atom. The average molecular weight is 333 g/mol. The summed E-state index contributed by atoms with van der Waals surface area (Å²) >= 11 is 1.35. The number of nitrogens with zero attached hydrogens (tertiary/aromatic N) is 2. The summed E-state index contributed by atoms with van der Waals surface area (Å²) in [5.41, 5.74) is 1.02. The lowest BCUT2D eigenvalue weighted by Crippen LogP contribution is -2.47. The van der Waals surface area contributed by atoms with Crippen LogP contribution >= 0.6 is 11.8 Å². The summed E-state index contributed by atoms with van der Waals surface area (Å²) in [6, 6.07) is 0. The highest BCUT2D eigenvalue weighted by Gasteiger charge is 2.37. The molecule has 1 atom stereocenters. The SMILES string of the molecule is CSc1nc(=O)[nH]c(C)c1C(=O)N1CCCC2(CC=CCC2)C1. The standard InChI is InChI=1S/C17H23N3O2S/c1-12-13(14(23-2)19-16(22)18-12)15(21)20-10-6-9-17(11-20)7-4-3-5-8-17/h3-4H,5-11H2,1-2H3,(H,18,19,22). The number of allylic oxidation sites excluding steroid dienone is 2. The molecule has 5 nitrogen and oxygen atoms in total. The summed E-state index contributed by atoms with van der Waals surface area (Å²) in [7, 11) is 0. The van der Waals surface area contributed by atoms with Gasteiger partial charge in [-0.3, -0.25) is 4.79 Å². The lowest BCUT2D eigenvalue weighted by Gasteiger charge is -2.44. The maximum atomic E-state index is 13.1. The first-order valence-corrected chi connectivity index (χ1v) is 9.36. The van der Waals surface area contributed by atoms with Crippen molar-refractivity contribution >= 4 is 17.7 Å². The molecule has 1 spiro atoms. The van der Waals surface area contributed by atoms with Crippen molar-refractivity contribution in [1.82, 2.24) is 14.9 Å². The number of thioether (sulfide) groups is 1. The van der Waals surface area contributed by atoms with Gasteiger partial charge in [0.1, 0.15) is 5.03 Å². The third-order valence-electron chi connectivity index (χ3n) is 5.00. The van der Waals surface area contributed by atoms with E-state index in [1.54, 1.807) is 6.92 Å². The third kappa shape index (κ3) is 3.22. The zero-order valence-electron chi connectivity index (χ0n) is 13.7. The molecular formula is C17H23N3O2S. The predicted molar refractivity (Wildman–Crippen MR) is 91.9 cm³/mol. The number of carbonyl (C=O) groups excluding carboxylic acids is 1. The lowest BCUT2D eigenvalue weighted by atomic mass is 9.71. The molecule has 0 bridgehead atoms. The van der Waals surface area contributed by atoms with E-state index in [-0.39, 0.29) is 11.3 Å². The van der Waals surface area contributed by atoms with Gasteiger partial charge < -0.3 is 9.88 Å². The van der Waals surface area contributed by atoms with E-state index in [1.165, 1.54) is 18.2 Å². The lowest BCUT2D eigenvalue weighted by molar-refractivity contribution is 0.0479. The number of H-pyrrole nitrogens is 1. The fourth-order valence-electron chi connectivity index (χ4n) is 3.81. The summed E-state index contributed by atoms with van der Waals surface area (Å²) in [6.07, 6.45) is 11.9. The van der Waals surface area contributed by atoms with Crippen LogP contribution in [0, 0.1) is 12.3 Å². The second-order valence-corrected chi connectivity index (χ2v) is 7.39. The van der Waals surface area contributed by atoms with Crippen LogP contribution in [0.1, 0.15) is 48.2 Å². The van der Waals surface area contributed by atoms with E-state index in [9.17, 15) is 9.59 Å². The largest absolute Gasteiger partial charge is 0.346 e.